The summed E-state index contributed by atoms with van der Waals surface area (Å²) in [6.07, 6.45) is 8.17. The third-order valence-corrected chi connectivity index (χ3v) is 4.46. The molecular weight excluding hydrogens is 226 g/mol. The van der Waals surface area contributed by atoms with Crippen molar-refractivity contribution in [1.29, 1.82) is 0 Å². The zero-order valence-electron chi connectivity index (χ0n) is 11.8. The highest BCUT2D eigenvalue weighted by Gasteiger charge is 2.36. The van der Waals surface area contributed by atoms with Gasteiger partial charge < -0.3 is 15.5 Å². The zero-order valence-corrected chi connectivity index (χ0v) is 11.8. The molecule has 4 nitrogen and oxygen atoms in total. The highest BCUT2D eigenvalue weighted by molar-refractivity contribution is 5.76. The van der Waals surface area contributed by atoms with E-state index in [1.807, 2.05) is 0 Å². The summed E-state index contributed by atoms with van der Waals surface area (Å²) in [6, 6.07) is 0.695. The minimum absolute atomic E-state index is 0.191. The van der Waals surface area contributed by atoms with E-state index in [0.29, 0.717) is 12.5 Å². The Bertz CT molecular complexity index is 281. The number of nitrogens with one attached hydrogen (secondary N) is 2. The van der Waals surface area contributed by atoms with Gasteiger partial charge in [-0.1, -0.05) is 12.8 Å². The van der Waals surface area contributed by atoms with E-state index in [1.54, 1.807) is 0 Å². The van der Waals surface area contributed by atoms with Crippen LogP contribution in [0, 0.1) is 0 Å². The van der Waals surface area contributed by atoms with E-state index < -0.39 is 0 Å². The normalized spacial score (nSPS) is 22.4. The standard InChI is InChI=1S/C14H27N3O/c1-17(2)14(8-3-4-9-14)11-16-13(18)7-10-15-12-5-6-12/h12,15H,3-11H2,1-2H3,(H,16,18). The summed E-state index contributed by atoms with van der Waals surface area (Å²) in [5.74, 6) is 0.191. The summed E-state index contributed by atoms with van der Waals surface area (Å²) >= 11 is 0. The summed E-state index contributed by atoms with van der Waals surface area (Å²) in [4.78, 5) is 14.1. The Hall–Kier alpha value is -0.610. The van der Waals surface area contributed by atoms with Crippen LogP contribution in [0.1, 0.15) is 44.9 Å². The van der Waals surface area contributed by atoms with E-state index >= 15 is 0 Å². The molecule has 2 aliphatic rings. The summed E-state index contributed by atoms with van der Waals surface area (Å²) in [6.45, 7) is 1.63. The van der Waals surface area contributed by atoms with Gasteiger partial charge in [-0.25, -0.2) is 0 Å². The molecule has 0 radical (unpaired) electrons. The molecule has 2 aliphatic carbocycles. The van der Waals surface area contributed by atoms with Crippen molar-refractivity contribution in [2.45, 2.75) is 56.5 Å². The molecule has 18 heavy (non-hydrogen) atoms. The van der Waals surface area contributed by atoms with E-state index in [1.165, 1.54) is 38.5 Å². The largest absolute Gasteiger partial charge is 0.354 e. The molecule has 1 amide bonds. The number of hydrogen-bond donors (Lipinski definition) is 2. The van der Waals surface area contributed by atoms with Crippen LogP contribution >= 0.6 is 0 Å². The third-order valence-electron chi connectivity index (χ3n) is 4.46. The molecule has 0 unspecified atom stereocenters. The predicted molar refractivity (Wildman–Crippen MR) is 73.5 cm³/mol. The maximum absolute atomic E-state index is 11.8. The Morgan fingerprint density at radius 3 is 2.50 bits per heavy atom. The van der Waals surface area contributed by atoms with Gasteiger partial charge in [0.25, 0.3) is 0 Å². The summed E-state index contributed by atoms with van der Waals surface area (Å²) in [7, 11) is 4.26. The van der Waals surface area contributed by atoms with E-state index in [-0.39, 0.29) is 11.4 Å². The first kappa shape index (κ1) is 13.8. The Morgan fingerprint density at radius 2 is 1.94 bits per heavy atom. The maximum Gasteiger partial charge on any atom is 0.221 e. The minimum atomic E-state index is 0.191. The van der Waals surface area contributed by atoms with Crippen molar-refractivity contribution in [1.82, 2.24) is 15.5 Å². The van der Waals surface area contributed by atoms with Crippen molar-refractivity contribution < 1.29 is 4.79 Å². The molecule has 0 atom stereocenters. The molecule has 0 aromatic rings. The molecule has 0 aromatic heterocycles. The predicted octanol–water partition coefficient (Wildman–Crippen LogP) is 1.12. The molecule has 0 heterocycles. The van der Waals surface area contributed by atoms with E-state index in [2.05, 4.69) is 29.6 Å². The Balaban J connectivity index is 1.66. The average molecular weight is 253 g/mol. The smallest absolute Gasteiger partial charge is 0.221 e. The van der Waals surface area contributed by atoms with Gasteiger partial charge >= 0.3 is 0 Å². The highest BCUT2D eigenvalue weighted by atomic mass is 16.1. The summed E-state index contributed by atoms with van der Waals surface area (Å²) in [5.41, 5.74) is 0.208. The lowest BCUT2D eigenvalue weighted by atomic mass is 9.96. The second-order valence-corrected chi connectivity index (χ2v) is 6.08. The summed E-state index contributed by atoms with van der Waals surface area (Å²) in [5, 5.41) is 6.50. The SMILES string of the molecule is CN(C)C1(CNC(=O)CCNC2CC2)CCCC1. The van der Waals surface area contributed by atoms with Crippen molar-refractivity contribution >= 4 is 5.91 Å². The minimum Gasteiger partial charge on any atom is -0.354 e. The second kappa shape index (κ2) is 6.02. The van der Waals surface area contributed by atoms with Gasteiger partial charge in [0.2, 0.25) is 5.91 Å². The van der Waals surface area contributed by atoms with Crippen molar-refractivity contribution in [2.75, 3.05) is 27.2 Å². The van der Waals surface area contributed by atoms with Gasteiger partial charge in [-0.2, -0.15) is 0 Å². The first-order valence-electron chi connectivity index (χ1n) is 7.30. The van der Waals surface area contributed by atoms with Crippen molar-refractivity contribution in [3.8, 4) is 0 Å². The molecule has 2 rings (SSSR count). The average Bonchev–Trinajstić information content (AvgIpc) is 3.03. The molecule has 0 aromatic carbocycles. The van der Waals surface area contributed by atoms with Crippen LogP contribution in [0.15, 0.2) is 0 Å². The monoisotopic (exact) mass is 253 g/mol. The van der Waals surface area contributed by atoms with Crippen LogP contribution in [0.5, 0.6) is 0 Å². The molecule has 2 fully saturated rings. The van der Waals surface area contributed by atoms with Crippen LogP contribution in [-0.4, -0.2) is 49.6 Å². The number of rotatable bonds is 7. The zero-order chi connectivity index (χ0) is 13.0. The fraction of sp³-hybridized carbons (Fsp3) is 0.929. The van der Waals surface area contributed by atoms with Gasteiger partial charge in [0.05, 0.1) is 0 Å². The van der Waals surface area contributed by atoms with Gasteiger partial charge in [-0.05, 0) is 39.8 Å². The Morgan fingerprint density at radius 1 is 1.28 bits per heavy atom. The van der Waals surface area contributed by atoms with Gasteiger partial charge in [0.1, 0.15) is 0 Å². The van der Waals surface area contributed by atoms with Crippen LogP contribution in [-0.2, 0) is 4.79 Å². The second-order valence-electron chi connectivity index (χ2n) is 6.08. The van der Waals surface area contributed by atoms with Gasteiger partial charge in [-0.3, -0.25) is 4.79 Å². The van der Waals surface area contributed by atoms with Crippen molar-refractivity contribution in [2.24, 2.45) is 0 Å². The molecule has 0 saturated heterocycles. The van der Waals surface area contributed by atoms with Gasteiger partial charge in [-0.15, -0.1) is 0 Å². The van der Waals surface area contributed by atoms with Crippen LogP contribution < -0.4 is 10.6 Å². The van der Waals surface area contributed by atoms with Crippen molar-refractivity contribution in [3.63, 3.8) is 0 Å². The number of carbonyl (C=O) groups excluding carboxylic acids is 1. The molecule has 2 saturated carbocycles. The van der Waals surface area contributed by atoms with Crippen molar-refractivity contribution in [3.05, 3.63) is 0 Å². The van der Waals surface area contributed by atoms with E-state index in [4.69, 9.17) is 0 Å². The Kier molecular flexibility index (Phi) is 4.62. The van der Waals surface area contributed by atoms with E-state index in [9.17, 15) is 4.79 Å². The van der Waals surface area contributed by atoms with Gasteiger partial charge in [0, 0.05) is 31.1 Å². The molecular formula is C14H27N3O. The van der Waals surface area contributed by atoms with E-state index in [0.717, 1.165) is 13.1 Å². The number of amides is 1. The third kappa shape index (κ3) is 3.69. The maximum atomic E-state index is 11.8. The number of likely N-dealkylation sites (N-methyl/N-ethyl adjacent to an activating group) is 1. The number of hydrogen-bond acceptors (Lipinski definition) is 3. The molecule has 2 N–H and O–H groups in total. The molecule has 0 spiro atoms. The fourth-order valence-electron chi connectivity index (χ4n) is 2.84. The van der Waals surface area contributed by atoms with Gasteiger partial charge in [0.15, 0.2) is 0 Å². The quantitative estimate of drug-likeness (QED) is 0.714. The lowest BCUT2D eigenvalue weighted by molar-refractivity contribution is -0.121. The Labute approximate surface area is 110 Å². The fourth-order valence-corrected chi connectivity index (χ4v) is 2.84. The number of carbonyl (C=O) groups is 1. The van der Waals surface area contributed by atoms with Crippen LogP contribution in [0.25, 0.3) is 0 Å². The van der Waals surface area contributed by atoms with Crippen LogP contribution in [0.4, 0.5) is 0 Å². The number of nitrogens with zero attached hydrogens (tertiary/aromatic N) is 1. The first-order chi connectivity index (χ1) is 8.62. The molecule has 0 aliphatic heterocycles. The molecule has 4 heteroatoms. The first-order valence-corrected chi connectivity index (χ1v) is 7.30. The molecule has 104 valence electrons. The lowest BCUT2D eigenvalue weighted by Crippen LogP contribution is -2.51. The van der Waals surface area contributed by atoms with Crippen LogP contribution in [0.2, 0.25) is 0 Å². The molecule has 0 bridgehead atoms. The summed E-state index contributed by atoms with van der Waals surface area (Å²) < 4.78 is 0. The highest BCUT2D eigenvalue weighted by Crippen LogP contribution is 2.33. The topological polar surface area (TPSA) is 44.4 Å². The lowest BCUT2D eigenvalue weighted by Gasteiger charge is -2.36. The van der Waals surface area contributed by atoms with Crippen LogP contribution in [0.3, 0.4) is 0 Å².